The van der Waals surface area contributed by atoms with Crippen LogP contribution in [0.1, 0.15) is 342 Å². The Hall–Kier alpha value is -3.67. The summed E-state index contributed by atoms with van der Waals surface area (Å²) in [5, 5.41) is 0. The zero-order valence-corrected chi connectivity index (χ0v) is 53.5. The molecule has 0 rings (SSSR count). The summed E-state index contributed by atoms with van der Waals surface area (Å²) in [6.45, 7) is 6.53. The maximum Gasteiger partial charge on any atom is 0.306 e. The van der Waals surface area contributed by atoms with Gasteiger partial charge in [-0.1, -0.05) is 317 Å². The van der Waals surface area contributed by atoms with Crippen LogP contribution < -0.4 is 0 Å². The van der Waals surface area contributed by atoms with Crippen LogP contribution in [0.15, 0.2) is 97.2 Å². The highest BCUT2D eigenvalue weighted by Crippen LogP contribution is 2.17. The molecular formula is C75H130O6. The molecule has 0 fully saturated rings. The summed E-state index contributed by atoms with van der Waals surface area (Å²) in [4.78, 5) is 38.3. The van der Waals surface area contributed by atoms with E-state index in [1.165, 1.54) is 199 Å². The van der Waals surface area contributed by atoms with Crippen molar-refractivity contribution < 1.29 is 28.6 Å². The number of esters is 3. The number of hydrogen-bond acceptors (Lipinski definition) is 6. The molecule has 6 heteroatoms. The summed E-state index contributed by atoms with van der Waals surface area (Å²) in [5.41, 5.74) is 0. The van der Waals surface area contributed by atoms with Gasteiger partial charge in [-0.15, -0.1) is 0 Å². The predicted molar refractivity (Wildman–Crippen MR) is 353 cm³/mol. The van der Waals surface area contributed by atoms with E-state index in [9.17, 15) is 14.4 Å². The molecule has 6 nitrogen and oxygen atoms in total. The highest BCUT2D eigenvalue weighted by atomic mass is 16.6. The maximum absolute atomic E-state index is 12.9. The zero-order chi connectivity index (χ0) is 58.5. The number of unbranched alkanes of at least 4 members (excludes halogenated alkanes) is 36. The Balaban J connectivity index is 4.16. The molecular weight excluding hydrogens is 997 g/mol. The molecule has 0 amide bonds. The Morgan fingerprint density at radius 2 is 0.481 bits per heavy atom. The number of carbonyl (C=O) groups is 3. The second-order valence-corrected chi connectivity index (χ2v) is 23.1. The average Bonchev–Trinajstić information content (AvgIpc) is 3.47. The Morgan fingerprint density at radius 3 is 0.753 bits per heavy atom. The number of rotatable bonds is 63. The standard InChI is InChI=1S/C75H130O6/c1-4-7-10-13-16-19-21-23-25-27-29-31-33-34-35-36-37-38-39-40-42-43-45-47-49-51-53-56-59-62-65-68-74(77)80-71-72(70-79-73(76)67-64-61-58-55-18-15-12-9-6-3)81-75(78)69-66-63-60-57-54-52-50-48-46-44-41-32-30-28-26-24-22-20-17-14-11-8-5-2/h7,10,16,19,22-25,28-31,34-35,37-38,72H,4-6,8-9,11-15,17-18,20-21,26-27,32-33,36,39-71H2,1-3H3/b10-7-,19-16-,24-22-,25-23-,30-28-,31-29-,35-34-,38-37-. The van der Waals surface area contributed by atoms with Crippen molar-refractivity contribution in [3.63, 3.8) is 0 Å². The third-order valence-corrected chi connectivity index (χ3v) is 15.1. The van der Waals surface area contributed by atoms with Crippen LogP contribution in [0.2, 0.25) is 0 Å². The summed E-state index contributed by atoms with van der Waals surface area (Å²) in [7, 11) is 0. The summed E-state index contributed by atoms with van der Waals surface area (Å²) < 4.78 is 16.9. The van der Waals surface area contributed by atoms with Crippen LogP contribution in [0.5, 0.6) is 0 Å². The van der Waals surface area contributed by atoms with Crippen molar-refractivity contribution >= 4 is 17.9 Å². The lowest BCUT2D eigenvalue weighted by molar-refractivity contribution is -0.167. The normalized spacial score (nSPS) is 12.7. The minimum Gasteiger partial charge on any atom is -0.462 e. The van der Waals surface area contributed by atoms with E-state index in [-0.39, 0.29) is 31.1 Å². The zero-order valence-electron chi connectivity index (χ0n) is 53.5. The molecule has 0 aliphatic rings. The Labute approximate surface area is 502 Å². The average molecular weight is 1130 g/mol. The van der Waals surface area contributed by atoms with Gasteiger partial charge in [-0.05, 0) is 103 Å². The summed E-state index contributed by atoms with van der Waals surface area (Å²) in [5.74, 6) is -0.867. The molecule has 1 atom stereocenters. The molecule has 0 bridgehead atoms. The fourth-order valence-electron chi connectivity index (χ4n) is 9.89. The van der Waals surface area contributed by atoms with E-state index in [4.69, 9.17) is 14.2 Å². The van der Waals surface area contributed by atoms with Gasteiger partial charge >= 0.3 is 17.9 Å². The quantitative estimate of drug-likeness (QED) is 0.0261. The van der Waals surface area contributed by atoms with Crippen LogP contribution in [0.3, 0.4) is 0 Å². The van der Waals surface area contributed by atoms with Crippen LogP contribution in [-0.2, 0) is 28.6 Å². The molecule has 0 aliphatic carbocycles. The van der Waals surface area contributed by atoms with E-state index in [1.807, 2.05) is 0 Å². The van der Waals surface area contributed by atoms with Crippen LogP contribution in [0.4, 0.5) is 0 Å². The highest BCUT2D eigenvalue weighted by molar-refractivity contribution is 5.71. The van der Waals surface area contributed by atoms with E-state index in [0.717, 1.165) is 103 Å². The number of ether oxygens (including phenoxy) is 3. The lowest BCUT2D eigenvalue weighted by atomic mass is 10.0. The first-order valence-corrected chi connectivity index (χ1v) is 34.7. The second-order valence-electron chi connectivity index (χ2n) is 23.1. The van der Waals surface area contributed by atoms with Crippen LogP contribution in [0, 0.1) is 0 Å². The van der Waals surface area contributed by atoms with Gasteiger partial charge in [-0.3, -0.25) is 14.4 Å². The molecule has 0 aromatic heterocycles. The summed E-state index contributed by atoms with van der Waals surface area (Å²) in [6, 6.07) is 0. The van der Waals surface area contributed by atoms with Gasteiger partial charge in [0.05, 0.1) is 0 Å². The van der Waals surface area contributed by atoms with Crippen molar-refractivity contribution in [2.45, 2.75) is 348 Å². The monoisotopic (exact) mass is 1130 g/mol. The second kappa shape index (κ2) is 68.8. The molecule has 466 valence electrons. The minimum atomic E-state index is -0.778. The van der Waals surface area contributed by atoms with Crippen molar-refractivity contribution in [2.24, 2.45) is 0 Å². The van der Waals surface area contributed by atoms with E-state index in [0.29, 0.717) is 19.3 Å². The third-order valence-electron chi connectivity index (χ3n) is 15.1. The molecule has 0 aromatic rings. The number of hydrogen-bond donors (Lipinski definition) is 0. The summed E-state index contributed by atoms with van der Waals surface area (Å²) in [6.07, 6.45) is 93.0. The van der Waals surface area contributed by atoms with Crippen molar-refractivity contribution in [2.75, 3.05) is 13.2 Å². The van der Waals surface area contributed by atoms with Crippen molar-refractivity contribution in [1.82, 2.24) is 0 Å². The van der Waals surface area contributed by atoms with Gasteiger partial charge in [0.2, 0.25) is 0 Å². The lowest BCUT2D eigenvalue weighted by Gasteiger charge is -2.18. The molecule has 0 aliphatic heterocycles. The molecule has 81 heavy (non-hydrogen) atoms. The molecule has 0 spiro atoms. The van der Waals surface area contributed by atoms with E-state index in [1.54, 1.807) is 0 Å². The van der Waals surface area contributed by atoms with Crippen molar-refractivity contribution in [3.05, 3.63) is 97.2 Å². The Kier molecular flexibility index (Phi) is 65.7. The Bertz CT molecular complexity index is 1580. The van der Waals surface area contributed by atoms with Crippen LogP contribution in [-0.4, -0.2) is 37.2 Å². The molecule has 0 N–H and O–H groups in total. The largest absolute Gasteiger partial charge is 0.462 e. The van der Waals surface area contributed by atoms with Gasteiger partial charge in [-0.25, -0.2) is 0 Å². The topological polar surface area (TPSA) is 78.9 Å². The first kappa shape index (κ1) is 77.3. The molecule has 1 unspecified atom stereocenters. The van der Waals surface area contributed by atoms with Crippen LogP contribution >= 0.6 is 0 Å². The number of carbonyl (C=O) groups excluding carboxylic acids is 3. The van der Waals surface area contributed by atoms with E-state index >= 15 is 0 Å². The molecule has 0 saturated heterocycles. The predicted octanol–water partition coefficient (Wildman–Crippen LogP) is 24.0. The van der Waals surface area contributed by atoms with Crippen molar-refractivity contribution in [1.29, 1.82) is 0 Å². The van der Waals surface area contributed by atoms with Gasteiger partial charge in [-0.2, -0.15) is 0 Å². The van der Waals surface area contributed by atoms with Gasteiger partial charge in [0.25, 0.3) is 0 Å². The highest BCUT2D eigenvalue weighted by Gasteiger charge is 2.19. The first-order chi connectivity index (χ1) is 40.0. The van der Waals surface area contributed by atoms with E-state index < -0.39 is 6.10 Å². The fourth-order valence-corrected chi connectivity index (χ4v) is 9.89. The van der Waals surface area contributed by atoms with Crippen LogP contribution in [0.25, 0.3) is 0 Å². The van der Waals surface area contributed by atoms with Gasteiger partial charge in [0.15, 0.2) is 6.10 Å². The lowest BCUT2D eigenvalue weighted by Crippen LogP contribution is -2.30. The molecule has 0 heterocycles. The van der Waals surface area contributed by atoms with Gasteiger partial charge < -0.3 is 14.2 Å². The molecule has 0 aromatic carbocycles. The molecule has 0 saturated carbocycles. The SMILES string of the molecule is CC/C=C\C/C=C\C/C=C\C/C=C\C/C=C\C/C=C\CCCCCCCCCCCCCCC(=O)OCC(COC(=O)CCCCCCCCCCC)OC(=O)CCCCCCCCCCCCC/C=C\C/C=C\CCCCCCC. The fraction of sp³-hybridized carbons (Fsp3) is 0.747. The third kappa shape index (κ3) is 67.0. The van der Waals surface area contributed by atoms with E-state index in [2.05, 4.69) is 118 Å². The first-order valence-electron chi connectivity index (χ1n) is 34.7. The molecule has 0 radical (unpaired) electrons. The Morgan fingerprint density at radius 1 is 0.259 bits per heavy atom. The van der Waals surface area contributed by atoms with Gasteiger partial charge in [0, 0.05) is 19.3 Å². The van der Waals surface area contributed by atoms with Crippen molar-refractivity contribution in [3.8, 4) is 0 Å². The number of allylic oxidation sites excluding steroid dienone is 16. The van der Waals surface area contributed by atoms with Gasteiger partial charge in [0.1, 0.15) is 13.2 Å². The summed E-state index contributed by atoms with van der Waals surface area (Å²) >= 11 is 0. The minimum absolute atomic E-state index is 0.0748. The maximum atomic E-state index is 12.9. The smallest absolute Gasteiger partial charge is 0.306 e.